The molecule has 1 aromatic carbocycles. The van der Waals surface area contributed by atoms with Crippen molar-refractivity contribution in [1.82, 2.24) is 9.55 Å². The molecule has 2 aromatic rings. The van der Waals surface area contributed by atoms with Crippen molar-refractivity contribution in [1.29, 1.82) is 0 Å². The summed E-state index contributed by atoms with van der Waals surface area (Å²) in [5, 5.41) is 0. The fourth-order valence-corrected chi connectivity index (χ4v) is 3.06. The molecule has 4 nitrogen and oxygen atoms in total. The highest BCUT2D eigenvalue weighted by Crippen LogP contribution is 2.30. The number of nitrogens with one attached hydrogen (secondary N) is 1. The van der Waals surface area contributed by atoms with E-state index >= 15 is 0 Å². The molecule has 0 unspecified atom stereocenters. The van der Waals surface area contributed by atoms with Gasteiger partial charge in [-0.05, 0) is 31.9 Å². The molecule has 1 fully saturated rings. The summed E-state index contributed by atoms with van der Waals surface area (Å²) in [4.78, 5) is 15.1. The number of imidazole rings is 1. The summed E-state index contributed by atoms with van der Waals surface area (Å²) in [5.41, 5.74) is 1.89. The first-order valence-corrected chi connectivity index (χ1v) is 7.16. The van der Waals surface area contributed by atoms with Crippen molar-refractivity contribution in [2.24, 2.45) is 0 Å². The number of H-pyrrole nitrogens is 1. The van der Waals surface area contributed by atoms with Gasteiger partial charge in [0.25, 0.3) is 0 Å². The van der Waals surface area contributed by atoms with Crippen LogP contribution in [0.5, 0.6) is 5.75 Å². The molecule has 0 saturated heterocycles. The number of benzene rings is 1. The Kier molecular flexibility index (Phi) is 3.32. The van der Waals surface area contributed by atoms with Gasteiger partial charge in [-0.2, -0.15) is 0 Å². The lowest BCUT2D eigenvalue weighted by molar-refractivity contribution is 0.339. The Balaban J connectivity index is 2.08. The maximum atomic E-state index is 12.2. The Morgan fingerprint density at radius 1 is 1.32 bits per heavy atom. The molecule has 1 heterocycles. The number of aromatic amines is 1. The zero-order chi connectivity index (χ0) is 13.2. The molecular formula is C15H20N2O2. The standard InChI is InChI=1S/C15H20N2O2/c1-2-19-12-8-9-13-14(10-12)17(15(18)16-13)11-6-4-3-5-7-11/h8-11H,2-7H2,1H3,(H,16,18). The van der Waals surface area contributed by atoms with Gasteiger partial charge in [-0.1, -0.05) is 19.3 Å². The second kappa shape index (κ2) is 5.11. The molecule has 1 aliphatic carbocycles. The highest BCUT2D eigenvalue weighted by molar-refractivity contribution is 5.77. The predicted molar refractivity (Wildman–Crippen MR) is 75.8 cm³/mol. The Labute approximate surface area is 112 Å². The van der Waals surface area contributed by atoms with Crippen LogP contribution in [-0.2, 0) is 0 Å². The lowest BCUT2D eigenvalue weighted by Crippen LogP contribution is -2.23. The van der Waals surface area contributed by atoms with Crippen LogP contribution in [0.15, 0.2) is 23.0 Å². The van der Waals surface area contributed by atoms with Crippen LogP contribution in [0.2, 0.25) is 0 Å². The molecule has 0 radical (unpaired) electrons. The third kappa shape index (κ3) is 2.27. The van der Waals surface area contributed by atoms with Crippen molar-refractivity contribution in [2.75, 3.05) is 6.61 Å². The number of ether oxygens (including phenoxy) is 1. The number of hydrogen-bond donors (Lipinski definition) is 1. The summed E-state index contributed by atoms with van der Waals surface area (Å²) in [5.74, 6) is 0.832. The van der Waals surface area contributed by atoms with Crippen LogP contribution in [0.1, 0.15) is 45.1 Å². The SMILES string of the molecule is CCOc1ccc2[nH]c(=O)n(C3CCCCC3)c2c1. The Morgan fingerprint density at radius 3 is 2.84 bits per heavy atom. The second-order valence-corrected chi connectivity index (χ2v) is 5.20. The molecule has 19 heavy (non-hydrogen) atoms. The van der Waals surface area contributed by atoms with Gasteiger partial charge in [0, 0.05) is 12.1 Å². The van der Waals surface area contributed by atoms with E-state index in [9.17, 15) is 4.79 Å². The number of fused-ring (bicyclic) bond motifs is 1. The molecule has 1 aliphatic rings. The van der Waals surface area contributed by atoms with Gasteiger partial charge in [0.1, 0.15) is 5.75 Å². The Bertz CT molecular complexity index is 621. The average molecular weight is 260 g/mol. The number of rotatable bonds is 3. The molecular weight excluding hydrogens is 240 g/mol. The lowest BCUT2D eigenvalue weighted by atomic mass is 9.95. The van der Waals surface area contributed by atoms with Gasteiger partial charge in [-0.25, -0.2) is 4.79 Å². The van der Waals surface area contributed by atoms with Crippen LogP contribution in [-0.4, -0.2) is 16.2 Å². The normalized spacial score (nSPS) is 16.9. The van der Waals surface area contributed by atoms with Crippen molar-refractivity contribution in [3.8, 4) is 5.75 Å². The fraction of sp³-hybridized carbons (Fsp3) is 0.533. The summed E-state index contributed by atoms with van der Waals surface area (Å²) < 4.78 is 7.46. The molecule has 0 bridgehead atoms. The summed E-state index contributed by atoms with van der Waals surface area (Å²) in [6.45, 7) is 2.61. The summed E-state index contributed by atoms with van der Waals surface area (Å²) >= 11 is 0. The van der Waals surface area contributed by atoms with Crippen LogP contribution < -0.4 is 10.4 Å². The minimum absolute atomic E-state index is 0.00977. The zero-order valence-electron chi connectivity index (χ0n) is 11.3. The Hall–Kier alpha value is -1.71. The molecule has 1 aromatic heterocycles. The summed E-state index contributed by atoms with van der Waals surface area (Å²) in [6.07, 6.45) is 5.93. The average Bonchev–Trinajstić information content (AvgIpc) is 2.75. The van der Waals surface area contributed by atoms with E-state index in [1.807, 2.05) is 29.7 Å². The number of hydrogen-bond acceptors (Lipinski definition) is 2. The maximum Gasteiger partial charge on any atom is 0.326 e. The quantitative estimate of drug-likeness (QED) is 0.921. The van der Waals surface area contributed by atoms with Crippen LogP contribution in [0, 0.1) is 0 Å². The Morgan fingerprint density at radius 2 is 2.11 bits per heavy atom. The van der Waals surface area contributed by atoms with Gasteiger partial charge >= 0.3 is 5.69 Å². The largest absolute Gasteiger partial charge is 0.494 e. The van der Waals surface area contributed by atoms with E-state index in [-0.39, 0.29) is 5.69 Å². The first-order chi connectivity index (χ1) is 9.29. The third-order valence-corrected chi connectivity index (χ3v) is 3.94. The fourth-order valence-electron chi connectivity index (χ4n) is 3.06. The zero-order valence-corrected chi connectivity index (χ0v) is 11.3. The van der Waals surface area contributed by atoms with E-state index < -0.39 is 0 Å². The van der Waals surface area contributed by atoms with Crippen LogP contribution in [0.3, 0.4) is 0 Å². The highest BCUT2D eigenvalue weighted by Gasteiger charge is 2.19. The molecule has 1 N–H and O–H groups in total. The van der Waals surface area contributed by atoms with E-state index in [0.717, 1.165) is 29.6 Å². The van der Waals surface area contributed by atoms with Crippen molar-refractivity contribution >= 4 is 11.0 Å². The van der Waals surface area contributed by atoms with E-state index in [2.05, 4.69) is 4.98 Å². The molecule has 0 aliphatic heterocycles. The summed E-state index contributed by atoms with van der Waals surface area (Å²) in [6, 6.07) is 6.16. The topological polar surface area (TPSA) is 47.0 Å². The molecule has 0 atom stereocenters. The molecule has 0 spiro atoms. The molecule has 102 valence electrons. The van der Waals surface area contributed by atoms with Crippen molar-refractivity contribution in [3.05, 3.63) is 28.7 Å². The molecule has 4 heteroatoms. The first-order valence-electron chi connectivity index (χ1n) is 7.16. The van der Waals surface area contributed by atoms with Gasteiger partial charge in [0.05, 0.1) is 17.6 Å². The van der Waals surface area contributed by atoms with E-state index in [1.165, 1.54) is 19.3 Å². The van der Waals surface area contributed by atoms with Crippen LogP contribution in [0.4, 0.5) is 0 Å². The van der Waals surface area contributed by atoms with Crippen LogP contribution in [0.25, 0.3) is 11.0 Å². The molecule has 3 rings (SSSR count). The predicted octanol–water partition coefficient (Wildman–Crippen LogP) is 3.23. The number of aromatic nitrogens is 2. The van der Waals surface area contributed by atoms with Crippen molar-refractivity contribution in [3.63, 3.8) is 0 Å². The van der Waals surface area contributed by atoms with Gasteiger partial charge in [-0.3, -0.25) is 4.57 Å². The van der Waals surface area contributed by atoms with Crippen molar-refractivity contribution < 1.29 is 4.74 Å². The lowest BCUT2D eigenvalue weighted by Gasteiger charge is -2.23. The highest BCUT2D eigenvalue weighted by atomic mass is 16.5. The minimum atomic E-state index is 0.00977. The summed E-state index contributed by atoms with van der Waals surface area (Å²) in [7, 11) is 0. The first kappa shape index (κ1) is 12.3. The maximum absolute atomic E-state index is 12.2. The minimum Gasteiger partial charge on any atom is -0.494 e. The number of nitrogens with zero attached hydrogens (tertiary/aromatic N) is 1. The second-order valence-electron chi connectivity index (χ2n) is 5.20. The van der Waals surface area contributed by atoms with Crippen molar-refractivity contribution in [2.45, 2.75) is 45.1 Å². The third-order valence-electron chi connectivity index (χ3n) is 3.94. The van der Waals surface area contributed by atoms with E-state index in [0.29, 0.717) is 12.6 Å². The molecule has 1 saturated carbocycles. The van der Waals surface area contributed by atoms with Gasteiger partial charge in [0.15, 0.2) is 0 Å². The van der Waals surface area contributed by atoms with Crippen LogP contribution >= 0.6 is 0 Å². The smallest absolute Gasteiger partial charge is 0.326 e. The van der Waals surface area contributed by atoms with Gasteiger partial charge in [0.2, 0.25) is 0 Å². The van der Waals surface area contributed by atoms with Gasteiger partial charge < -0.3 is 9.72 Å². The molecule has 0 amide bonds. The van der Waals surface area contributed by atoms with Gasteiger partial charge in [-0.15, -0.1) is 0 Å². The van der Waals surface area contributed by atoms with E-state index in [4.69, 9.17) is 4.74 Å². The monoisotopic (exact) mass is 260 g/mol. The van der Waals surface area contributed by atoms with E-state index in [1.54, 1.807) is 0 Å².